The Labute approximate surface area is 101 Å². The summed E-state index contributed by atoms with van der Waals surface area (Å²) < 4.78 is 5.20. The van der Waals surface area contributed by atoms with E-state index in [4.69, 9.17) is 16.3 Å². The molecular formula is C11H16ClN3O. The monoisotopic (exact) mass is 241 g/mol. The summed E-state index contributed by atoms with van der Waals surface area (Å²) in [5, 5.41) is 0.499. The van der Waals surface area contributed by atoms with Gasteiger partial charge >= 0.3 is 0 Å². The number of aromatic nitrogens is 2. The molecule has 1 atom stereocenters. The molecule has 1 unspecified atom stereocenters. The number of halogens is 1. The Morgan fingerprint density at radius 1 is 1.56 bits per heavy atom. The number of nitrogens with zero attached hydrogens (tertiary/aromatic N) is 3. The van der Waals surface area contributed by atoms with Gasteiger partial charge in [0.15, 0.2) is 0 Å². The first-order valence-electron chi connectivity index (χ1n) is 5.51. The fraction of sp³-hybridized carbons (Fsp3) is 0.636. The summed E-state index contributed by atoms with van der Waals surface area (Å²) in [4.78, 5) is 10.4. The van der Waals surface area contributed by atoms with E-state index in [0.29, 0.717) is 11.1 Å². The summed E-state index contributed by atoms with van der Waals surface area (Å²) in [6.07, 6.45) is 3.91. The van der Waals surface area contributed by atoms with Crippen LogP contribution in [0.15, 0.2) is 12.4 Å². The molecule has 0 amide bonds. The average Bonchev–Trinajstić information content (AvgIpc) is 2.30. The van der Waals surface area contributed by atoms with Gasteiger partial charge in [0.2, 0.25) is 0 Å². The van der Waals surface area contributed by atoms with Crippen LogP contribution in [0.5, 0.6) is 0 Å². The van der Waals surface area contributed by atoms with E-state index in [1.807, 2.05) is 6.07 Å². The minimum Gasteiger partial charge on any atom is -0.384 e. The van der Waals surface area contributed by atoms with Crippen molar-refractivity contribution in [3.63, 3.8) is 0 Å². The number of methoxy groups -OCH3 is 1. The SMILES string of the molecule is COCC1CCCN(c2cc(Cl)ncn2)C1. The summed E-state index contributed by atoms with van der Waals surface area (Å²) in [6.45, 7) is 2.84. The van der Waals surface area contributed by atoms with E-state index in [1.54, 1.807) is 7.11 Å². The minimum atomic E-state index is 0.499. The molecule has 1 aliphatic heterocycles. The van der Waals surface area contributed by atoms with Crippen molar-refractivity contribution in [2.45, 2.75) is 12.8 Å². The lowest BCUT2D eigenvalue weighted by Crippen LogP contribution is -2.37. The minimum absolute atomic E-state index is 0.499. The van der Waals surface area contributed by atoms with Gasteiger partial charge in [-0.1, -0.05) is 11.6 Å². The molecule has 0 spiro atoms. The van der Waals surface area contributed by atoms with Crippen molar-refractivity contribution < 1.29 is 4.74 Å². The zero-order valence-corrected chi connectivity index (χ0v) is 10.2. The van der Waals surface area contributed by atoms with Crippen LogP contribution in [0.2, 0.25) is 5.15 Å². The second kappa shape index (κ2) is 5.46. The lowest BCUT2D eigenvalue weighted by Gasteiger charge is -2.33. The van der Waals surface area contributed by atoms with E-state index in [1.165, 1.54) is 19.2 Å². The Bertz CT molecular complexity index is 346. The lowest BCUT2D eigenvalue weighted by atomic mass is 9.99. The summed E-state index contributed by atoms with van der Waals surface area (Å²) in [7, 11) is 1.75. The van der Waals surface area contributed by atoms with Gasteiger partial charge in [0.25, 0.3) is 0 Å². The van der Waals surface area contributed by atoms with E-state index < -0.39 is 0 Å². The average molecular weight is 242 g/mol. The second-order valence-electron chi connectivity index (χ2n) is 4.11. The van der Waals surface area contributed by atoms with Crippen molar-refractivity contribution in [1.29, 1.82) is 0 Å². The topological polar surface area (TPSA) is 38.2 Å². The second-order valence-corrected chi connectivity index (χ2v) is 4.50. The number of piperidine rings is 1. The summed E-state index contributed by atoms with van der Waals surface area (Å²) in [6, 6.07) is 1.82. The number of ether oxygens (including phenoxy) is 1. The molecule has 0 N–H and O–H groups in total. The molecule has 5 heteroatoms. The fourth-order valence-electron chi connectivity index (χ4n) is 2.14. The zero-order valence-electron chi connectivity index (χ0n) is 9.40. The van der Waals surface area contributed by atoms with Crippen molar-refractivity contribution >= 4 is 17.4 Å². The Balaban J connectivity index is 2.03. The van der Waals surface area contributed by atoms with Crippen molar-refractivity contribution in [3.05, 3.63) is 17.5 Å². The van der Waals surface area contributed by atoms with Crippen LogP contribution in [-0.4, -0.2) is 36.8 Å². The van der Waals surface area contributed by atoms with Crippen LogP contribution in [0.25, 0.3) is 0 Å². The van der Waals surface area contributed by atoms with E-state index in [0.717, 1.165) is 25.5 Å². The Kier molecular flexibility index (Phi) is 3.96. The van der Waals surface area contributed by atoms with Gasteiger partial charge in [-0.2, -0.15) is 0 Å². The predicted molar refractivity (Wildman–Crippen MR) is 63.9 cm³/mol. The number of rotatable bonds is 3. The van der Waals surface area contributed by atoms with Gasteiger partial charge in [-0.3, -0.25) is 0 Å². The number of hydrogen-bond donors (Lipinski definition) is 0. The normalized spacial score (nSPS) is 21.1. The van der Waals surface area contributed by atoms with Gasteiger partial charge in [-0.15, -0.1) is 0 Å². The standard InChI is InChI=1S/C11H16ClN3O/c1-16-7-9-3-2-4-15(6-9)11-5-10(12)13-8-14-11/h5,8-9H,2-4,6-7H2,1H3. The molecule has 0 aromatic carbocycles. The van der Waals surface area contributed by atoms with Crippen molar-refractivity contribution in [2.24, 2.45) is 5.92 Å². The van der Waals surface area contributed by atoms with E-state index in [2.05, 4.69) is 14.9 Å². The van der Waals surface area contributed by atoms with Crippen LogP contribution >= 0.6 is 11.6 Å². The highest BCUT2D eigenvalue weighted by molar-refractivity contribution is 6.29. The molecule has 1 saturated heterocycles. The van der Waals surface area contributed by atoms with Crippen molar-refractivity contribution in [3.8, 4) is 0 Å². The molecule has 1 aliphatic rings. The third-order valence-corrected chi connectivity index (χ3v) is 3.07. The molecule has 1 fully saturated rings. The van der Waals surface area contributed by atoms with Gasteiger partial charge in [-0.25, -0.2) is 9.97 Å². The van der Waals surface area contributed by atoms with Gasteiger partial charge in [-0.05, 0) is 18.8 Å². The molecule has 0 radical (unpaired) electrons. The predicted octanol–water partition coefficient (Wildman–Crippen LogP) is 1.99. The molecule has 2 rings (SSSR count). The molecule has 88 valence electrons. The van der Waals surface area contributed by atoms with Crippen LogP contribution < -0.4 is 4.90 Å². The third kappa shape index (κ3) is 2.83. The highest BCUT2D eigenvalue weighted by Gasteiger charge is 2.20. The van der Waals surface area contributed by atoms with Crippen LogP contribution in [0.1, 0.15) is 12.8 Å². The van der Waals surface area contributed by atoms with Gasteiger partial charge in [0.05, 0.1) is 6.61 Å². The molecule has 0 aliphatic carbocycles. The van der Waals surface area contributed by atoms with Crippen molar-refractivity contribution in [1.82, 2.24) is 9.97 Å². The van der Waals surface area contributed by atoms with Crippen LogP contribution in [0, 0.1) is 5.92 Å². The highest BCUT2D eigenvalue weighted by Crippen LogP contribution is 2.22. The first-order chi connectivity index (χ1) is 7.79. The fourth-order valence-corrected chi connectivity index (χ4v) is 2.28. The molecule has 2 heterocycles. The molecule has 0 bridgehead atoms. The Hall–Kier alpha value is -0.870. The molecule has 1 aromatic heterocycles. The van der Waals surface area contributed by atoms with E-state index in [-0.39, 0.29) is 0 Å². The van der Waals surface area contributed by atoms with Gasteiger partial charge in [0, 0.05) is 26.3 Å². The van der Waals surface area contributed by atoms with Crippen LogP contribution in [0.3, 0.4) is 0 Å². The molecule has 4 nitrogen and oxygen atoms in total. The highest BCUT2D eigenvalue weighted by atomic mass is 35.5. The van der Waals surface area contributed by atoms with Gasteiger partial charge < -0.3 is 9.64 Å². The Morgan fingerprint density at radius 3 is 3.19 bits per heavy atom. The third-order valence-electron chi connectivity index (χ3n) is 2.86. The quantitative estimate of drug-likeness (QED) is 0.759. The maximum absolute atomic E-state index is 5.86. The summed E-state index contributed by atoms with van der Waals surface area (Å²) in [5.41, 5.74) is 0. The number of anilines is 1. The molecule has 1 aromatic rings. The Morgan fingerprint density at radius 2 is 2.44 bits per heavy atom. The van der Waals surface area contributed by atoms with Crippen LogP contribution in [0.4, 0.5) is 5.82 Å². The molecule has 16 heavy (non-hydrogen) atoms. The maximum atomic E-state index is 5.86. The summed E-state index contributed by atoms with van der Waals surface area (Å²) >= 11 is 5.86. The smallest absolute Gasteiger partial charge is 0.134 e. The van der Waals surface area contributed by atoms with E-state index >= 15 is 0 Å². The molecular weight excluding hydrogens is 226 g/mol. The van der Waals surface area contributed by atoms with Crippen LogP contribution in [-0.2, 0) is 4.74 Å². The van der Waals surface area contributed by atoms with Crippen molar-refractivity contribution in [2.75, 3.05) is 31.7 Å². The molecule has 0 saturated carbocycles. The van der Waals surface area contributed by atoms with E-state index in [9.17, 15) is 0 Å². The largest absolute Gasteiger partial charge is 0.384 e. The first kappa shape index (κ1) is 11.6. The zero-order chi connectivity index (χ0) is 11.4. The first-order valence-corrected chi connectivity index (χ1v) is 5.89. The number of hydrogen-bond acceptors (Lipinski definition) is 4. The maximum Gasteiger partial charge on any atom is 0.134 e. The summed E-state index contributed by atoms with van der Waals surface area (Å²) in [5.74, 6) is 1.51. The lowest BCUT2D eigenvalue weighted by molar-refractivity contribution is 0.143. The van der Waals surface area contributed by atoms with Gasteiger partial charge in [0.1, 0.15) is 17.3 Å².